The predicted octanol–water partition coefficient (Wildman–Crippen LogP) is 5.60. The molecule has 0 unspecified atom stereocenters. The van der Waals surface area contributed by atoms with Gasteiger partial charge >= 0.3 is 0 Å². The molecule has 0 saturated heterocycles. The topological polar surface area (TPSA) is 75.5 Å². The van der Waals surface area contributed by atoms with Crippen LogP contribution in [0.2, 0.25) is 0 Å². The molecular weight excluding hydrogens is 434 g/mol. The zero-order chi connectivity index (χ0) is 23.8. The number of amides is 1. The van der Waals surface area contributed by atoms with E-state index in [1.807, 2.05) is 41.3 Å². The summed E-state index contributed by atoms with van der Waals surface area (Å²) in [4.78, 5) is 25.4. The number of fused-ring (bicyclic) bond motifs is 1. The highest BCUT2D eigenvalue weighted by atomic mass is 32.1. The summed E-state index contributed by atoms with van der Waals surface area (Å²) in [5.41, 5.74) is 2.67. The molecule has 0 saturated carbocycles. The summed E-state index contributed by atoms with van der Waals surface area (Å²) in [6.07, 6.45) is 0.772. The first-order valence-electron chi connectivity index (χ1n) is 10.7. The fourth-order valence-corrected chi connectivity index (χ4v) is 5.37. The van der Waals surface area contributed by atoms with E-state index in [1.165, 1.54) is 29.8 Å². The molecule has 168 valence electrons. The number of carbonyl (C=O) groups is 1. The largest absolute Gasteiger partial charge is 0.313 e. The lowest BCUT2D eigenvalue weighted by molar-refractivity contribution is -0.384. The molecule has 0 fully saturated rings. The number of nitro groups is 1. The van der Waals surface area contributed by atoms with E-state index in [0.717, 1.165) is 17.7 Å². The highest BCUT2D eigenvalue weighted by Gasteiger charge is 2.46. The summed E-state index contributed by atoms with van der Waals surface area (Å²) >= 11 is 5.71. The van der Waals surface area contributed by atoms with Crippen LogP contribution in [0.1, 0.15) is 48.7 Å². The molecule has 0 spiro atoms. The minimum absolute atomic E-state index is 0.143. The van der Waals surface area contributed by atoms with Crippen molar-refractivity contribution in [3.8, 4) is 0 Å². The molecule has 1 atom stereocenters. The standard InChI is InChI=1S/C26H25N3O3S/c1-25(2)17-26(3,19-11-5-4-6-12-19)21-14-7-8-15-22(21)28(25)24(33)27-23(30)18-10-9-13-20(16-18)29(31)32/h4-16H,17H2,1-3H3,(H,27,30,33)/t26-/m0/s1. The molecule has 7 heteroatoms. The Labute approximate surface area is 198 Å². The third-order valence-corrected chi connectivity index (χ3v) is 6.57. The van der Waals surface area contributed by atoms with Gasteiger partial charge < -0.3 is 4.90 Å². The van der Waals surface area contributed by atoms with Crippen molar-refractivity contribution in [3.05, 3.63) is 106 Å². The third-order valence-electron chi connectivity index (χ3n) is 6.28. The summed E-state index contributed by atoms with van der Waals surface area (Å²) < 4.78 is 0. The minimum atomic E-state index is -0.524. The number of nitrogens with one attached hydrogen (secondary N) is 1. The summed E-state index contributed by atoms with van der Waals surface area (Å²) in [7, 11) is 0. The van der Waals surface area contributed by atoms with Crippen LogP contribution in [-0.2, 0) is 5.41 Å². The highest BCUT2D eigenvalue weighted by Crippen LogP contribution is 2.50. The second kappa shape index (κ2) is 8.41. The maximum Gasteiger partial charge on any atom is 0.270 e. The fourth-order valence-electron chi connectivity index (χ4n) is 4.93. The molecule has 6 nitrogen and oxygen atoms in total. The second-order valence-electron chi connectivity index (χ2n) is 9.11. The van der Waals surface area contributed by atoms with E-state index in [0.29, 0.717) is 0 Å². The summed E-state index contributed by atoms with van der Waals surface area (Å²) in [6, 6.07) is 24.1. The monoisotopic (exact) mass is 459 g/mol. The first-order chi connectivity index (χ1) is 15.6. The van der Waals surface area contributed by atoms with Crippen LogP contribution in [0.4, 0.5) is 11.4 Å². The number of hydrogen-bond acceptors (Lipinski definition) is 4. The zero-order valence-electron chi connectivity index (χ0n) is 18.7. The molecule has 0 aromatic heterocycles. The molecule has 4 rings (SSSR count). The SMILES string of the molecule is CC1(C)C[C@@](C)(c2ccccc2)c2ccccc2N1C(=S)NC(=O)c1cccc([N+](=O)[O-])c1. The Morgan fingerprint density at radius 2 is 1.67 bits per heavy atom. The molecule has 1 aliphatic rings. The third kappa shape index (κ3) is 4.12. The molecule has 1 N–H and O–H groups in total. The van der Waals surface area contributed by atoms with Crippen molar-refractivity contribution in [3.63, 3.8) is 0 Å². The molecule has 0 radical (unpaired) electrons. The molecule has 3 aromatic rings. The van der Waals surface area contributed by atoms with E-state index >= 15 is 0 Å². The Balaban J connectivity index is 1.71. The number of rotatable bonds is 3. The molecule has 3 aromatic carbocycles. The van der Waals surface area contributed by atoms with Gasteiger partial charge in [0.2, 0.25) is 0 Å². The quantitative estimate of drug-likeness (QED) is 0.313. The van der Waals surface area contributed by atoms with Crippen LogP contribution < -0.4 is 10.2 Å². The Morgan fingerprint density at radius 3 is 2.36 bits per heavy atom. The smallest absolute Gasteiger partial charge is 0.270 e. The van der Waals surface area contributed by atoms with Crippen LogP contribution in [0.15, 0.2) is 78.9 Å². The summed E-state index contributed by atoms with van der Waals surface area (Å²) in [5.74, 6) is -0.478. The van der Waals surface area contributed by atoms with Crippen molar-refractivity contribution in [1.29, 1.82) is 0 Å². The average molecular weight is 460 g/mol. The Morgan fingerprint density at radius 1 is 1.00 bits per heavy atom. The van der Waals surface area contributed by atoms with Crippen molar-refractivity contribution >= 4 is 34.6 Å². The van der Waals surface area contributed by atoms with E-state index in [4.69, 9.17) is 12.2 Å². The number of benzene rings is 3. The van der Waals surface area contributed by atoms with Gasteiger partial charge in [-0.15, -0.1) is 0 Å². The van der Waals surface area contributed by atoms with Gasteiger partial charge in [0, 0.05) is 34.3 Å². The van der Waals surface area contributed by atoms with E-state index < -0.39 is 16.4 Å². The van der Waals surface area contributed by atoms with Crippen molar-refractivity contribution in [1.82, 2.24) is 5.32 Å². The molecule has 1 amide bonds. The molecular formula is C26H25N3O3S. The van der Waals surface area contributed by atoms with Crippen LogP contribution >= 0.6 is 12.2 Å². The summed E-state index contributed by atoms with van der Waals surface area (Å²) in [6.45, 7) is 6.46. The number of nitro benzene ring substituents is 1. The lowest BCUT2D eigenvalue weighted by Gasteiger charge is -2.52. The number of anilines is 1. The molecule has 0 bridgehead atoms. The Hall–Kier alpha value is -3.58. The number of non-ortho nitro benzene ring substituents is 1. The number of para-hydroxylation sites is 1. The van der Waals surface area contributed by atoms with E-state index in [9.17, 15) is 14.9 Å². The average Bonchev–Trinajstić information content (AvgIpc) is 2.79. The van der Waals surface area contributed by atoms with Crippen LogP contribution in [-0.4, -0.2) is 21.5 Å². The van der Waals surface area contributed by atoms with Crippen LogP contribution in [0, 0.1) is 10.1 Å². The first-order valence-corrected chi connectivity index (χ1v) is 11.1. The van der Waals surface area contributed by atoms with Crippen LogP contribution in [0.3, 0.4) is 0 Å². The molecule has 0 aliphatic carbocycles. The predicted molar refractivity (Wildman–Crippen MR) is 134 cm³/mol. The normalized spacial score (nSPS) is 18.8. The molecule has 33 heavy (non-hydrogen) atoms. The second-order valence-corrected chi connectivity index (χ2v) is 9.49. The molecule has 1 aliphatic heterocycles. The van der Waals surface area contributed by atoms with Crippen molar-refractivity contribution in [2.24, 2.45) is 0 Å². The fraction of sp³-hybridized carbons (Fsp3) is 0.231. The van der Waals surface area contributed by atoms with E-state index in [2.05, 4.69) is 44.3 Å². The van der Waals surface area contributed by atoms with E-state index in [1.54, 1.807) is 0 Å². The van der Waals surface area contributed by atoms with Crippen LogP contribution in [0.5, 0.6) is 0 Å². The Bertz CT molecular complexity index is 1240. The van der Waals surface area contributed by atoms with Gasteiger partial charge in [0.25, 0.3) is 11.6 Å². The number of hydrogen-bond donors (Lipinski definition) is 1. The maximum absolute atomic E-state index is 12.9. The van der Waals surface area contributed by atoms with Gasteiger partial charge in [-0.25, -0.2) is 0 Å². The number of carbonyl (C=O) groups excluding carboxylic acids is 1. The highest BCUT2D eigenvalue weighted by molar-refractivity contribution is 7.80. The van der Waals surface area contributed by atoms with Crippen molar-refractivity contribution < 1.29 is 9.72 Å². The van der Waals surface area contributed by atoms with Gasteiger partial charge in [-0.3, -0.25) is 20.2 Å². The minimum Gasteiger partial charge on any atom is -0.313 e. The molecule has 1 heterocycles. The number of nitrogens with zero attached hydrogens (tertiary/aromatic N) is 2. The summed E-state index contributed by atoms with van der Waals surface area (Å²) in [5, 5.41) is 14.1. The van der Waals surface area contributed by atoms with Crippen LogP contribution in [0.25, 0.3) is 0 Å². The Kier molecular flexibility index (Phi) is 5.76. The van der Waals surface area contributed by atoms with Crippen molar-refractivity contribution in [2.45, 2.75) is 38.1 Å². The van der Waals surface area contributed by atoms with Gasteiger partial charge in [-0.05, 0) is 55.7 Å². The van der Waals surface area contributed by atoms with E-state index in [-0.39, 0.29) is 21.8 Å². The van der Waals surface area contributed by atoms with Gasteiger partial charge in [0.05, 0.1) is 4.92 Å². The lowest BCUT2D eigenvalue weighted by atomic mass is 9.65. The number of thiocarbonyl (C=S) groups is 1. The van der Waals surface area contributed by atoms with Crippen molar-refractivity contribution in [2.75, 3.05) is 4.90 Å². The van der Waals surface area contributed by atoms with Gasteiger partial charge in [0.1, 0.15) is 0 Å². The van der Waals surface area contributed by atoms with Gasteiger partial charge in [-0.1, -0.05) is 61.5 Å². The zero-order valence-corrected chi connectivity index (χ0v) is 19.6. The van der Waals surface area contributed by atoms with Gasteiger partial charge in [0.15, 0.2) is 5.11 Å². The lowest BCUT2D eigenvalue weighted by Crippen LogP contribution is -2.59. The van der Waals surface area contributed by atoms with Gasteiger partial charge in [-0.2, -0.15) is 0 Å². The maximum atomic E-state index is 12.9. The first kappa shape index (κ1) is 22.6.